The molecule has 0 aliphatic rings. The molecule has 1 aromatic carbocycles. The molecule has 0 heterocycles. The van der Waals surface area contributed by atoms with Crippen molar-refractivity contribution < 1.29 is 19.4 Å². The summed E-state index contributed by atoms with van der Waals surface area (Å²) in [5.74, 6) is 0.593. The highest BCUT2D eigenvalue weighted by atomic mass is 79.9. The monoisotopic (exact) mass is 303 g/mol. The maximum atomic E-state index is 11.0. The summed E-state index contributed by atoms with van der Waals surface area (Å²) < 4.78 is 10.8. The quantitative estimate of drug-likeness (QED) is 0.801. The Bertz CT molecular complexity index is 422. The maximum absolute atomic E-state index is 11.0. The first-order chi connectivity index (χ1) is 8.10. The summed E-state index contributed by atoms with van der Waals surface area (Å²) in [5, 5.41) is 9.78. The van der Waals surface area contributed by atoms with E-state index in [9.17, 15) is 9.90 Å². The largest absolute Gasteiger partial charge is 0.492 e. The molecule has 1 unspecified atom stereocenters. The van der Waals surface area contributed by atoms with Gasteiger partial charge >= 0.3 is 0 Å². The minimum Gasteiger partial charge on any atom is -0.492 e. The summed E-state index contributed by atoms with van der Waals surface area (Å²) >= 11 is 3.24. The number of carbonyl (C=O) groups is 1. The van der Waals surface area contributed by atoms with Gasteiger partial charge in [-0.15, -0.1) is 0 Å². The van der Waals surface area contributed by atoms with Crippen molar-refractivity contribution in [3.8, 4) is 11.5 Å². The van der Waals surface area contributed by atoms with E-state index in [1.54, 1.807) is 6.07 Å². The fraction of sp³-hybridized carbons (Fsp3) is 0.364. The molecule has 3 N–H and O–H groups in total. The number of hydrogen-bond donors (Lipinski definition) is 2. The van der Waals surface area contributed by atoms with Crippen LogP contribution in [0.4, 0.5) is 0 Å². The second kappa shape index (κ2) is 6.00. The van der Waals surface area contributed by atoms with E-state index in [1.165, 1.54) is 14.2 Å². The molecule has 94 valence electrons. The number of nitrogens with two attached hydrogens (primary N) is 1. The molecule has 5 nitrogen and oxygen atoms in total. The lowest BCUT2D eigenvalue weighted by molar-refractivity contribution is 0.111. The molecule has 0 spiro atoms. The van der Waals surface area contributed by atoms with Gasteiger partial charge in [-0.1, -0.05) is 0 Å². The lowest BCUT2D eigenvalue weighted by atomic mass is 10.0. The highest BCUT2D eigenvalue weighted by molar-refractivity contribution is 9.10. The SMILES string of the molecule is COc1c(C(O)CN)cc(Br)c(C=O)c1OC. The number of halogens is 1. The zero-order valence-electron chi connectivity index (χ0n) is 9.57. The average molecular weight is 304 g/mol. The van der Waals surface area contributed by atoms with Gasteiger partial charge < -0.3 is 20.3 Å². The van der Waals surface area contributed by atoms with Crippen LogP contribution >= 0.6 is 15.9 Å². The molecule has 0 saturated carbocycles. The van der Waals surface area contributed by atoms with Crippen molar-refractivity contribution in [2.75, 3.05) is 20.8 Å². The second-order valence-electron chi connectivity index (χ2n) is 3.30. The van der Waals surface area contributed by atoms with Gasteiger partial charge in [-0.25, -0.2) is 0 Å². The van der Waals surface area contributed by atoms with Gasteiger partial charge in [0.25, 0.3) is 0 Å². The predicted octanol–water partition coefficient (Wildman–Crippen LogP) is 1.27. The number of rotatable bonds is 5. The number of hydrogen-bond acceptors (Lipinski definition) is 5. The molecular weight excluding hydrogens is 290 g/mol. The van der Waals surface area contributed by atoms with Crippen LogP contribution < -0.4 is 15.2 Å². The minimum atomic E-state index is -0.879. The molecule has 0 saturated heterocycles. The van der Waals surface area contributed by atoms with Crippen LogP contribution in [0.1, 0.15) is 22.0 Å². The van der Waals surface area contributed by atoms with Crippen molar-refractivity contribution in [2.24, 2.45) is 5.73 Å². The third kappa shape index (κ3) is 2.59. The van der Waals surface area contributed by atoms with Crippen LogP contribution in [-0.4, -0.2) is 32.2 Å². The molecule has 1 rings (SSSR count). The number of carbonyl (C=O) groups excluding carboxylic acids is 1. The minimum absolute atomic E-state index is 0.0480. The molecule has 6 heteroatoms. The molecule has 0 aromatic heterocycles. The van der Waals surface area contributed by atoms with E-state index in [-0.39, 0.29) is 12.3 Å². The Hall–Kier alpha value is -1.11. The number of benzene rings is 1. The molecule has 0 aliphatic carbocycles. The van der Waals surface area contributed by atoms with E-state index in [0.717, 1.165) is 0 Å². The van der Waals surface area contributed by atoms with Crippen molar-refractivity contribution in [2.45, 2.75) is 6.10 Å². The van der Waals surface area contributed by atoms with Gasteiger partial charge in [0, 0.05) is 16.6 Å². The van der Waals surface area contributed by atoms with E-state index in [1.807, 2.05) is 0 Å². The fourth-order valence-corrected chi connectivity index (χ4v) is 2.06. The summed E-state index contributed by atoms with van der Waals surface area (Å²) in [6, 6.07) is 1.60. The standard InChI is InChI=1S/C11H14BrNO4/c1-16-10-6(9(15)4-13)3-8(12)7(5-14)11(10)17-2/h3,5,9,15H,4,13H2,1-2H3. The van der Waals surface area contributed by atoms with E-state index < -0.39 is 6.10 Å². The second-order valence-corrected chi connectivity index (χ2v) is 4.15. The van der Waals surface area contributed by atoms with Crippen LogP contribution in [0, 0.1) is 0 Å². The Morgan fingerprint density at radius 3 is 2.47 bits per heavy atom. The van der Waals surface area contributed by atoms with E-state index in [4.69, 9.17) is 15.2 Å². The molecule has 17 heavy (non-hydrogen) atoms. The Labute approximate surface area is 108 Å². The van der Waals surface area contributed by atoms with Crippen LogP contribution in [0.5, 0.6) is 11.5 Å². The highest BCUT2D eigenvalue weighted by Gasteiger charge is 2.21. The molecule has 0 fully saturated rings. The Morgan fingerprint density at radius 1 is 1.47 bits per heavy atom. The first-order valence-corrected chi connectivity index (χ1v) is 5.67. The van der Waals surface area contributed by atoms with E-state index in [2.05, 4.69) is 15.9 Å². The van der Waals surface area contributed by atoms with Crippen LogP contribution in [0.15, 0.2) is 10.5 Å². The van der Waals surface area contributed by atoms with Crippen molar-refractivity contribution in [1.82, 2.24) is 0 Å². The zero-order valence-corrected chi connectivity index (χ0v) is 11.2. The number of aliphatic hydroxyl groups excluding tert-OH is 1. The van der Waals surface area contributed by atoms with Gasteiger partial charge in [0.2, 0.25) is 0 Å². The molecule has 0 aliphatic heterocycles. The summed E-state index contributed by atoms with van der Waals surface area (Å²) in [6.45, 7) is 0.0480. The molecular formula is C11H14BrNO4. The van der Waals surface area contributed by atoms with E-state index >= 15 is 0 Å². The lowest BCUT2D eigenvalue weighted by Gasteiger charge is -2.18. The summed E-state index contributed by atoms with van der Waals surface area (Å²) in [7, 11) is 2.86. The molecule has 0 bridgehead atoms. The highest BCUT2D eigenvalue weighted by Crippen LogP contribution is 2.40. The zero-order chi connectivity index (χ0) is 13.0. The van der Waals surface area contributed by atoms with Crippen molar-refractivity contribution >= 4 is 22.2 Å². The van der Waals surface area contributed by atoms with Crippen LogP contribution in [0.25, 0.3) is 0 Å². The van der Waals surface area contributed by atoms with Crippen molar-refractivity contribution in [3.05, 3.63) is 21.7 Å². The number of aliphatic hydroxyl groups is 1. The van der Waals surface area contributed by atoms with Gasteiger partial charge in [-0.05, 0) is 22.0 Å². The van der Waals surface area contributed by atoms with Gasteiger partial charge in [-0.2, -0.15) is 0 Å². The third-order valence-corrected chi connectivity index (χ3v) is 3.02. The van der Waals surface area contributed by atoms with Gasteiger partial charge in [0.1, 0.15) is 0 Å². The molecule has 1 aromatic rings. The Kier molecular flexibility index (Phi) is 4.92. The summed E-state index contributed by atoms with van der Waals surface area (Å²) in [6.07, 6.45) is -0.222. The van der Waals surface area contributed by atoms with Crippen molar-refractivity contribution in [1.29, 1.82) is 0 Å². The Balaban J connectivity index is 3.52. The number of aldehydes is 1. The Morgan fingerprint density at radius 2 is 2.06 bits per heavy atom. The predicted molar refractivity (Wildman–Crippen MR) is 66.6 cm³/mol. The first kappa shape index (κ1) is 14.0. The lowest BCUT2D eigenvalue weighted by Crippen LogP contribution is -2.13. The normalized spacial score (nSPS) is 12.1. The summed E-state index contributed by atoms with van der Waals surface area (Å²) in [4.78, 5) is 11.0. The molecule has 0 radical (unpaired) electrons. The smallest absolute Gasteiger partial charge is 0.172 e. The van der Waals surface area contributed by atoms with Gasteiger partial charge in [0.05, 0.1) is 25.9 Å². The van der Waals surface area contributed by atoms with Crippen LogP contribution in [0.3, 0.4) is 0 Å². The van der Waals surface area contributed by atoms with Crippen molar-refractivity contribution in [3.63, 3.8) is 0 Å². The number of methoxy groups -OCH3 is 2. The fourth-order valence-electron chi connectivity index (χ4n) is 1.54. The van der Waals surface area contributed by atoms with Gasteiger partial charge in [0.15, 0.2) is 17.8 Å². The van der Waals surface area contributed by atoms with Crippen LogP contribution in [-0.2, 0) is 0 Å². The number of ether oxygens (including phenoxy) is 2. The first-order valence-electron chi connectivity index (χ1n) is 4.88. The third-order valence-electron chi connectivity index (χ3n) is 2.36. The van der Waals surface area contributed by atoms with Crippen LogP contribution in [0.2, 0.25) is 0 Å². The average Bonchev–Trinajstić information content (AvgIpc) is 2.36. The molecule has 1 atom stereocenters. The summed E-state index contributed by atoms with van der Waals surface area (Å²) in [5.41, 5.74) is 6.22. The topological polar surface area (TPSA) is 81.8 Å². The van der Waals surface area contributed by atoms with Gasteiger partial charge in [-0.3, -0.25) is 4.79 Å². The maximum Gasteiger partial charge on any atom is 0.172 e. The molecule has 0 amide bonds. The van der Waals surface area contributed by atoms with E-state index in [0.29, 0.717) is 27.6 Å².